The summed E-state index contributed by atoms with van der Waals surface area (Å²) in [6.45, 7) is 5.47. The van der Waals surface area contributed by atoms with Crippen LogP contribution in [0.5, 0.6) is 0 Å². The van der Waals surface area contributed by atoms with Crippen molar-refractivity contribution in [1.29, 1.82) is 0 Å². The third-order valence-corrected chi connectivity index (χ3v) is 2.63. The van der Waals surface area contributed by atoms with Crippen LogP contribution in [0.4, 0.5) is 4.79 Å². The predicted molar refractivity (Wildman–Crippen MR) is 57.7 cm³/mol. The molecule has 1 amide bonds. The number of nitrogens with one attached hydrogen (secondary N) is 1. The molecule has 0 aliphatic heterocycles. The van der Waals surface area contributed by atoms with E-state index in [0.29, 0.717) is 0 Å². The minimum Gasteiger partial charge on any atom is -0.444 e. The first-order valence-electron chi connectivity index (χ1n) is 5.49. The highest BCUT2D eigenvalue weighted by molar-refractivity contribution is 5.68. The first-order chi connectivity index (χ1) is 6.87. The van der Waals surface area contributed by atoms with E-state index in [9.17, 15) is 9.90 Å². The lowest BCUT2D eigenvalue weighted by molar-refractivity contribution is 0.0403. The SMILES string of the molecule is CC(C)(C)OC(=O)NC1(CO)CCCC1. The molecular weight excluding hydrogens is 194 g/mol. The van der Waals surface area contributed by atoms with Gasteiger partial charge in [-0.25, -0.2) is 4.79 Å². The predicted octanol–water partition coefficient (Wildman–Crippen LogP) is 1.82. The quantitative estimate of drug-likeness (QED) is 0.738. The van der Waals surface area contributed by atoms with Crippen LogP contribution in [0.25, 0.3) is 0 Å². The fraction of sp³-hybridized carbons (Fsp3) is 0.909. The Labute approximate surface area is 91.0 Å². The molecule has 2 N–H and O–H groups in total. The second-order valence-electron chi connectivity index (χ2n) is 5.27. The number of hydrogen-bond donors (Lipinski definition) is 2. The molecule has 15 heavy (non-hydrogen) atoms. The van der Waals surface area contributed by atoms with Crippen LogP contribution in [0.2, 0.25) is 0 Å². The highest BCUT2D eigenvalue weighted by Gasteiger charge is 2.35. The lowest BCUT2D eigenvalue weighted by Gasteiger charge is -2.29. The normalized spacial score (nSPS) is 20.0. The van der Waals surface area contributed by atoms with Crippen LogP contribution in [0.15, 0.2) is 0 Å². The number of carbonyl (C=O) groups is 1. The lowest BCUT2D eigenvalue weighted by atomic mass is 9.99. The van der Waals surface area contributed by atoms with Crippen molar-refractivity contribution in [2.75, 3.05) is 6.61 Å². The van der Waals surface area contributed by atoms with Crippen LogP contribution < -0.4 is 5.32 Å². The van der Waals surface area contributed by atoms with Crippen LogP contribution in [-0.4, -0.2) is 28.9 Å². The highest BCUT2D eigenvalue weighted by Crippen LogP contribution is 2.29. The second kappa shape index (κ2) is 4.39. The van der Waals surface area contributed by atoms with Gasteiger partial charge in [-0.3, -0.25) is 0 Å². The van der Waals surface area contributed by atoms with Gasteiger partial charge < -0.3 is 15.2 Å². The van der Waals surface area contributed by atoms with Crippen molar-refractivity contribution in [1.82, 2.24) is 5.32 Å². The second-order valence-corrected chi connectivity index (χ2v) is 5.27. The molecule has 1 aliphatic carbocycles. The van der Waals surface area contributed by atoms with E-state index in [1.165, 1.54) is 0 Å². The van der Waals surface area contributed by atoms with Gasteiger partial charge >= 0.3 is 6.09 Å². The summed E-state index contributed by atoms with van der Waals surface area (Å²) in [5.74, 6) is 0. The minimum atomic E-state index is -0.487. The standard InChI is InChI=1S/C11H21NO3/c1-10(2,3)15-9(14)12-11(8-13)6-4-5-7-11/h13H,4-8H2,1-3H3,(H,12,14). The number of ether oxygens (including phenoxy) is 1. The summed E-state index contributed by atoms with van der Waals surface area (Å²) in [6, 6.07) is 0. The van der Waals surface area contributed by atoms with Gasteiger partial charge in [-0.05, 0) is 33.6 Å². The Morgan fingerprint density at radius 2 is 1.93 bits per heavy atom. The van der Waals surface area contributed by atoms with E-state index in [2.05, 4.69) is 5.32 Å². The third-order valence-electron chi connectivity index (χ3n) is 2.63. The van der Waals surface area contributed by atoms with Crippen LogP contribution in [-0.2, 0) is 4.74 Å². The van der Waals surface area contributed by atoms with E-state index >= 15 is 0 Å². The smallest absolute Gasteiger partial charge is 0.408 e. The monoisotopic (exact) mass is 215 g/mol. The molecule has 4 nitrogen and oxygen atoms in total. The van der Waals surface area contributed by atoms with Crippen LogP contribution in [0.1, 0.15) is 46.5 Å². The Morgan fingerprint density at radius 1 is 1.40 bits per heavy atom. The largest absolute Gasteiger partial charge is 0.444 e. The van der Waals surface area contributed by atoms with Gasteiger partial charge in [-0.15, -0.1) is 0 Å². The van der Waals surface area contributed by atoms with Crippen molar-refractivity contribution in [3.05, 3.63) is 0 Å². The van der Waals surface area contributed by atoms with E-state index in [-0.39, 0.29) is 6.61 Å². The zero-order chi connectivity index (χ0) is 11.5. The van der Waals surface area contributed by atoms with Gasteiger partial charge in [0.1, 0.15) is 5.60 Å². The fourth-order valence-electron chi connectivity index (χ4n) is 1.89. The number of carbonyl (C=O) groups excluding carboxylic acids is 1. The Balaban J connectivity index is 2.49. The van der Waals surface area contributed by atoms with E-state index in [4.69, 9.17) is 4.74 Å². The lowest BCUT2D eigenvalue weighted by Crippen LogP contribution is -2.50. The molecule has 0 bridgehead atoms. The van der Waals surface area contributed by atoms with E-state index < -0.39 is 17.2 Å². The van der Waals surface area contributed by atoms with Gasteiger partial charge in [-0.1, -0.05) is 12.8 Å². The minimum absolute atomic E-state index is 0.00770. The number of aliphatic hydroxyl groups excluding tert-OH is 1. The molecular formula is C11H21NO3. The van der Waals surface area contributed by atoms with Gasteiger partial charge in [0.05, 0.1) is 12.1 Å². The first kappa shape index (κ1) is 12.3. The van der Waals surface area contributed by atoms with Gasteiger partial charge in [0.25, 0.3) is 0 Å². The molecule has 0 radical (unpaired) electrons. The van der Waals surface area contributed by atoms with Gasteiger partial charge in [-0.2, -0.15) is 0 Å². The Kier molecular flexibility index (Phi) is 3.60. The molecule has 0 aromatic heterocycles. The molecule has 1 aliphatic rings. The maximum absolute atomic E-state index is 11.5. The average molecular weight is 215 g/mol. The third kappa shape index (κ3) is 3.70. The fourth-order valence-corrected chi connectivity index (χ4v) is 1.89. The van der Waals surface area contributed by atoms with Crippen molar-refractivity contribution >= 4 is 6.09 Å². The van der Waals surface area contributed by atoms with Crippen molar-refractivity contribution in [2.24, 2.45) is 0 Å². The van der Waals surface area contributed by atoms with E-state index in [1.54, 1.807) is 0 Å². The number of aliphatic hydroxyl groups is 1. The average Bonchev–Trinajstić information content (AvgIpc) is 2.50. The summed E-state index contributed by atoms with van der Waals surface area (Å²) in [7, 11) is 0. The molecule has 0 aromatic carbocycles. The van der Waals surface area contributed by atoms with Crippen molar-refractivity contribution in [2.45, 2.75) is 57.6 Å². The van der Waals surface area contributed by atoms with Crippen molar-refractivity contribution in [3.8, 4) is 0 Å². The number of alkyl carbamates (subject to hydrolysis) is 1. The first-order valence-corrected chi connectivity index (χ1v) is 5.49. The Bertz CT molecular complexity index is 226. The summed E-state index contributed by atoms with van der Waals surface area (Å²) < 4.78 is 5.17. The maximum Gasteiger partial charge on any atom is 0.408 e. The van der Waals surface area contributed by atoms with Crippen molar-refractivity contribution < 1.29 is 14.6 Å². The maximum atomic E-state index is 11.5. The molecule has 1 rings (SSSR count). The van der Waals surface area contributed by atoms with Gasteiger partial charge in [0, 0.05) is 0 Å². The zero-order valence-electron chi connectivity index (χ0n) is 9.80. The van der Waals surface area contributed by atoms with Crippen molar-refractivity contribution in [3.63, 3.8) is 0 Å². The number of amides is 1. The van der Waals surface area contributed by atoms with Gasteiger partial charge in [0.15, 0.2) is 0 Å². The Morgan fingerprint density at radius 3 is 2.33 bits per heavy atom. The molecule has 1 fully saturated rings. The van der Waals surface area contributed by atoms with Crippen LogP contribution in [0, 0.1) is 0 Å². The molecule has 4 heteroatoms. The summed E-state index contributed by atoms with van der Waals surface area (Å²) >= 11 is 0. The number of hydrogen-bond acceptors (Lipinski definition) is 3. The molecule has 0 spiro atoms. The summed E-state index contributed by atoms with van der Waals surface area (Å²) in [5.41, 5.74) is -0.929. The van der Waals surface area contributed by atoms with E-state index in [0.717, 1.165) is 25.7 Å². The van der Waals surface area contributed by atoms with Crippen LogP contribution in [0.3, 0.4) is 0 Å². The topological polar surface area (TPSA) is 58.6 Å². The summed E-state index contributed by atoms with van der Waals surface area (Å²) in [6.07, 6.45) is 3.34. The Hall–Kier alpha value is -0.770. The summed E-state index contributed by atoms with van der Waals surface area (Å²) in [5, 5.41) is 12.1. The summed E-state index contributed by atoms with van der Waals surface area (Å²) in [4.78, 5) is 11.5. The molecule has 0 saturated heterocycles. The van der Waals surface area contributed by atoms with Gasteiger partial charge in [0.2, 0.25) is 0 Å². The molecule has 0 atom stereocenters. The molecule has 1 saturated carbocycles. The van der Waals surface area contributed by atoms with Crippen LogP contribution >= 0.6 is 0 Å². The molecule has 0 unspecified atom stereocenters. The highest BCUT2D eigenvalue weighted by atomic mass is 16.6. The molecule has 0 aromatic rings. The molecule has 88 valence electrons. The molecule has 0 heterocycles. The number of rotatable bonds is 2. The zero-order valence-corrected chi connectivity index (χ0v) is 9.80. The van der Waals surface area contributed by atoms with E-state index in [1.807, 2.05) is 20.8 Å².